The Morgan fingerprint density at radius 3 is 2.16 bits per heavy atom. The second kappa shape index (κ2) is 6.94. The molecule has 0 bridgehead atoms. The van der Waals surface area contributed by atoms with Gasteiger partial charge >= 0.3 is 0 Å². The molecule has 0 aromatic heterocycles. The van der Waals surface area contributed by atoms with Crippen molar-refractivity contribution in [2.75, 3.05) is 12.4 Å². The van der Waals surface area contributed by atoms with Gasteiger partial charge in [-0.1, -0.05) is 26.0 Å². The molecular formula is C15H24O3S. The van der Waals surface area contributed by atoms with Crippen molar-refractivity contribution in [2.45, 2.75) is 45.3 Å². The maximum absolute atomic E-state index is 11.6. The molecule has 3 nitrogen and oxygen atoms in total. The molecule has 0 aliphatic heterocycles. The van der Waals surface area contributed by atoms with E-state index >= 15 is 0 Å². The lowest BCUT2D eigenvalue weighted by Crippen LogP contribution is -2.22. The molecule has 0 saturated heterocycles. The van der Waals surface area contributed by atoms with E-state index in [4.69, 9.17) is 4.74 Å². The molecular weight excluding hydrogens is 260 g/mol. The van der Waals surface area contributed by atoms with E-state index in [9.17, 15) is 8.42 Å². The minimum Gasteiger partial charge on any atom is -0.493 e. The van der Waals surface area contributed by atoms with E-state index in [0.29, 0.717) is 5.92 Å². The third-order valence-electron chi connectivity index (χ3n) is 3.42. The fraction of sp³-hybridized carbons (Fsp3) is 0.600. The average Bonchev–Trinajstić information content (AvgIpc) is 2.38. The molecule has 4 heteroatoms. The van der Waals surface area contributed by atoms with Crippen LogP contribution < -0.4 is 4.74 Å². The highest BCUT2D eigenvalue weighted by atomic mass is 32.2. The fourth-order valence-corrected chi connectivity index (χ4v) is 2.43. The molecule has 0 N–H and O–H groups in total. The highest BCUT2D eigenvalue weighted by Gasteiger charge is 2.15. The van der Waals surface area contributed by atoms with Crippen LogP contribution in [-0.4, -0.2) is 26.0 Å². The summed E-state index contributed by atoms with van der Waals surface area (Å²) in [7, 11) is -3.02. The number of sulfone groups is 1. The van der Waals surface area contributed by atoms with Gasteiger partial charge in [0.1, 0.15) is 12.4 Å². The number of ether oxygens (including phenoxy) is 1. The first-order valence-electron chi connectivity index (χ1n) is 6.81. The molecule has 1 rings (SSSR count). The van der Waals surface area contributed by atoms with Crippen LogP contribution in [0, 0.1) is 0 Å². The second-order valence-corrected chi connectivity index (χ2v) is 7.82. The highest BCUT2D eigenvalue weighted by Crippen LogP contribution is 2.21. The van der Waals surface area contributed by atoms with Crippen LogP contribution in [0.25, 0.3) is 0 Å². The molecule has 0 fully saturated rings. The predicted molar refractivity (Wildman–Crippen MR) is 79.6 cm³/mol. The van der Waals surface area contributed by atoms with Crippen LogP contribution in [0.5, 0.6) is 5.75 Å². The van der Waals surface area contributed by atoms with Gasteiger partial charge in [0.25, 0.3) is 0 Å². The average molecular weight is 284 g/mol. The predicted octanol–water partition coefficient (Wildman–Crippen LogP) is 3.40. The van der Waals surface area contributed by atoms with E-state index in [-0.39, 0.29) is 17.6 Å². The van der Waals surface area contributed by atoms with Crippen LogP contribution in [0.15, 0.2) is 24.3 Å². The third kappa shape index (κ3) is 4.86. The first kappa shape index (κ1) is 16.0. The molecule has 0 aliphatic rings. The van der Waals surface area contributed by atoms with Gasteiger partial charge in [0.05, 0.1) is 11.0 Å². The van der Waals surface area contributed by atoms with E-state index < -0.39 is 9.84 Å². The summed E-state index contributed by atoms with van der Waals surface area (Å²) in [6, 6.07) is 7.90. The van der Waals surface area contributed by atoms with Crippen molar-refractivity contribution in [1.29, 1.82) is 0 Å². The first-order valence-corrected chi connectivity index (χ1v) is 8.52. The highest BCUT2D eigenvalue weighted by molar-refractivity contribution is 7.91. The number of rotatable bonds is 7. The Balaban J connectivity index is 2.51. The summed E-state index contributed by atoms with van der Waals surface area (Å²) in [4.78, 5) is 0. The summed E-state index contributed by atoms with van der Waals surface area (Å²) in [6.45, 7) is 7.94. The standard InChI is InChI=1S/C15H24O3S/c1-5-13(4)14-6-8-15(9-7-14)18-10-11-19(16,17)12(2)3/h6-9,12-13H,5,10-11H2,1-4H3. The molecule has 1 unspecified atom stereocenters. The zero-order chi connectivity index (χ0) is 14.5. The van der Waals surface area contributed by atoms with Gasteiger partial charge < -0.3 is 4.74 Å². The Kier molecular flexibility index (Phi) is 5.85. The minimum absolute atomic E-state index is 0.0672. The molecule has 1 aromatic carbocycles. The lowest BCUT2D eigenvalue weighted by Gasteiger charge is -2.11. The van der Waals surface area contributed by atoms with Crippen LogP contribution in [0.4, 0.5) is 0 Å². The second-order valence-electron chi connectivity index (χ2n) is 5.14. The van der Waals surface area contributed by atoms with Crippen molar-refractivity contribution in [1.82, 2.24) is 0 Å². The molecule has 0 spiro atoms. The normalized spacial score (nSPS) is 13.5. The molecule has 0 amide bonds. The summed E-state index contributed by atoms with van der Waals surface area (Å²) in [6.07, 6.45) is 1.10. The van der Waals surface area contributed by atoms with Gasteiger partial charge in [0.15, 0.2) is 9.84 Å². The zero-order valence-corrected chi connectivity index (χ0v) is 13.0. The van der Waals surface area contributed by atoms with Crippen molar-refractivity contribution < 1.29 is 13.2 Å². The van der Waals surface area contributed by atoms with Crippen molar-refractivity contribution in [3.63, 3.8) is 0 Å². The van der Waals surface area contributed by atoms with Crippen molar-refractivity contribution in [3.05, 3.63) is 29.8 Å². The maximum Gasteiger partial charge on any atom is 0.155 e. The summed E-state index contributed by atoms with van der Waals surface area (Å²) in [5.41, 5.74) is 1.28. The maximum atomic E-state index is 11.6. The van der Waals surface area contributed by atoms with Crippen LogP contribution >= 0.6 is 0 Å². The van der Waals surface area contributed by atoms with E-state index in [2.05, 4.69) is 13.8 Å². The quantitative estimate of drug-likeness (QED) is 0.770. The lowest BCUT2D eigenvalue weighted by atomic mass is 9.99. The lowest BCUT2D eigenvalue weighted by molar-refractivity contribution is 0.340. The topological polar surface area (TPSA) is 43.4 Å². The van der Waals surface area contributed by atoms with E-state index in [1.165, 1.54) is 5.56 Å². The Bertz CT molecular complexity index is 475. The van der Waals surface area contributed by atoms with Crippen LogP contribution in [0.3, 0.4) is 0 Å². The number of benzene rings is 1. The minimum atomic E-state index is -3.02. The molecule has 0 saturated carbocycles. The Morgan fingerprint density at radius 2 is 1.68 bits per heavy atom. The molecule has 108 valence electrons. The fourth-order valence-electron chi connectivity index (χ4n) is 1.64. The smallest absolute Gasteiger partial charge is 0.155 e. The summed E-state index contributed by atoms with van der Waals surface area (Å²) in [5, 5.41) is -0.344. The van der Waals surface area contributed by atoms with Gasteiger partial charge in [-0.3, -0.25) is 0 Å². The Morgan fingerprint density at radius 1 is 1.11 bits per heavy atom. The number of hydrogen-bond acceptors (Lipinski definition) is 3. The zero-order valence-electron chi connectivity index (χ0n) is 12.2. The van der Waals surface area contributed by atoms with Gasteiger partial charge in [-0.05, 0) is 43.9 Å². The summed E-state index contributed by atoms with van der Waals surface area (Å²) >= 11 is 0. The van der Waals surface area contributed by atoms with Crippen molar-refractivity contribution >= 4 is 9.84 Å². The van der Waals surface area contributed by atoms with Gasteiger partial charge in [-0.25, -0.2) is 8.42 Å². The molecule has 0 heterocycles. The van der Waals surface area contributed by atoms with Gasteiger partial charge in [-0.2, -0.15) is 0 Å². The molecule has 0 radical (unpaired) electrons. The Labute approximate surface area is 116 Å². The van der Waals surface area contributed by atoms with Crippen LogP contribution in [0.2, 0.25) is 0 Å². The van der Waals surface area contributed by atoms with Gasteiger partial charge in [-0.15, -0.1) is 0 Å². The molecule has 0 aliphatic carbocycles. The van der Waals surface area contributed by atoms with Crippen molar-refractivity contribution in [2.24, 2.45) is 0 Å². The van der Waals surface area contributed by atoms with E-state index in [1.807, 2.05) is 24.3 Å². The Hall–Kier alpha value is -1.03. The van der Waals surface area contributed by atoms with E-state index in [0.717, 1.165) is 12.2 Å². The summed E-state index contributed by atoms with van der Waals surface area (Å²) in [5.74, 6) is 1.33. The molecule has 1 atom stereocenters. The molecule has 1 aromatic rings. The van der Waals surface area contributed by atoms with Crippen LogP contribution in [-0.2, 0) is 9.84 Å². The van der Waals surface area contributed by atoms with Gasteiger partial charge in [0, 0.05) is 0 Å². The SMILES string of the molecule is CCC(C)c1ccc(OCCS(=O)(=O)C(C)C)cc1. The van der Waals surface area contributed by atoms with Crippen molar-refractivity contribution in [3.8, 4) is 5.75 Å². The molecule has 19 heavy (non-hydrogen) atoms. The van der Waals surface area contributed by atoms with Crippen LogP contribution in [0.1, 0.15) is 45.6 Å². The first-order chi connectivity index (χ1) is 8.86. The third-order valence-corrected chi connectivity index (χ3v) is 5.59. The summed E-state index contributed by atoms with van der Waals surface area (Å²) < 4.78 is 28.7. The number of hydrogen-bond donors (Lipinski definition) is 0. The largest absolute Gasteiger partial charge is 0.493 e. The van der Waals surface area contributed by atoms with Gasteiger partial charge in [0.2, 0.25) is 0 Å². The monoisotopic (exact) mass is 284 g/mol. The van der Waals surface area contributed by atoms with E-state index in [1.54, 1.807) is 13.8 Å².